The molecule has 3 rings (SSSR count). The Morgan fingerprint density at radius 2 is 1.81 bits per heavy atom. The Morgan fingerprint density at radius 1 is 1.10 bits per heavy atom. The van der Waals surface area contributed by atoms with Crippen LogP contribution in [0.2, 0.25) is 10.0 Å². The van der Waals surface area contributed by atoms with E-state index in [4.69, 9.17) is 23.2 Å². The quantitative estimate of drug-likeness (QED) is 0.842. The van der Waals surface area contributed by atoms with Crippen molar-refractivity contribution in [1.82, 2.24) is 0 Å². The van der Waals surface area contributed by atoms with Crippen LogP contribution in [0.1, 0.15) is 29.9 Å². The molecule has 2 nitrogen and oxygen atoms in total. The molecular weight excluding hydrogens is 305 g/mol. The van der Waals surface area contributed by atoms with E-state index in [1.165, 1.54) is 11.1 Å². The van der Waals surface area contributed by atoms with Crippen LogP contribution in [0, 0.1) is 0 Å². The SMILES string of the molecule is O=C(CC1CCc2ccc(Cl)cc21)Nc1ccc(Cl)cc1. The number of carbonyl (C=O) groups is 1. The van der Waals surface area contributed by atoms with E-state index in [-0.39, 0.29) is 11.8 Å². The van der Waals surface area contributed by atoms with Gasteiger partial charge in [0.1, 0.15) is 0 Å². The number of benzene rings is 2. The van der Waals surface area contributed by atoms with Gasteiger partial charge in [0.2, 0.25) is 5.91 Å². The van der Waals surface area contributed by atoms with Gasteiger partial charge in [0.25, 0.3) is 0 Å². The molecule has 1 aliphatic carbocycles. The fraction of sp³-hybridized carbons (Fsp3) is 0.235. The van der Waals surface area contributed by atoms with Crippen molar-refractivity contribution in [2.75, 3.05) is 5.32 Å². The van der Waals surface area contributed by atoms with E-state index in [0.29, 0.717) is 11.4 Å². The molecule has 1 N–H and O–H groups in total. The minimum atomic E-state index is 0.0233. The Morgan fingerprint density at radius 3 is 2.57 bits per heavy atom. The largest absolute Gasteiger partial charge is 0.326 e. The van der Waals surface area contributed by atoms with Crippen LogP contribution in [0.4, 0.5) is 5.69 Å². The lowest BCUT2D eigenvalue weighted by atomic mass is 9.97. The average molecular weight is 320 g/mol. The van der Waals surface area contributed by atoms with Crippen molar-refractivity contribution in [2.24, 2.45) is 0 Å². The van der Waals surface area contributed by atoms with Gasteiger partial charge < -0.3 is 5.32 Å². The first-order valence-electron chi connectivity index (χ1n) is 6.95. The summed E-state index contributed by atoms with van der Waals surface area (Å²) in [7, 11) is 0. The smallest absolute Gasteiger partial charge is 0.224 e. The Bertz CT molecular complexity index is 667. The third-order valence-electron chi connectivity index (χ3n) is 3.87. The van der Waals surface area contributed by atoms with Gasteiger partial charge in [-0.05, 0) is 66.3 Å². The van der Waals surface area contributed by atoms with Crippen LogP contribution < -0.4 is 5.32 Å². The van der Waals surface area contributed by atoms with Crippen LogP contribution in [0.15, 0.2) is 42.5 Å². The van der Waals surface area contributed by atoms with Crippen molar-refractivity contribution in [3.8, 4) is 0 Å². The van der Waals surface area contributed by atoms with Crippen molar-refractivity contribution in [2.45, 2.75) is 25.2 Å². The molecule has 1 aliphatic rings. The molecule has 1 unspecified atom stereocenters. The van der Waals surface area contributed by atoms with Crippen LogP contribution in [0.5, 0.6) is 0 Å². The highest BCUT2D eigenvalue weighted by molar-refractivity contribution is 6.31. The Hall–Kier alpha value is -1.51. The van der Waals surface area contributed by atoms with E-state index in [1.807, 2.05) is 12.1 Å². The number of hydrogen-bond acceptors (Lipinski definition) is 1. The van der Waals surface area contributed by atoms with Crippen LogP contribution in [-0.4, -0.2) is 5.91 Å². The molecule has 0 aliphatic heterocycles. The number of carbonyl (C=O) groups excluding carboxylic acids is 1. The van der Waals surface area contributed by atoms with Crippen LogP contribution in [-0.2, 0) is 11.2 Å². The summed E-state index contributed by atoms with van der Waals surface area (Å²) >= 11 is 11.9. The zero-order chi connectivity index (χ0) is 14.8. The van der Waals surface area contributed by atoms with E-state index in [9.17, 15) is 4.79 Å². The molecule has 0 heterocycles. The summed E-state index contributed by atoms with van der Waals surface area (Å²) in [6.07, 6.45) is 2.51. The highest BCUT2D eigenvalue weighted by atomic mass is 35.5. The molecular formula is C17H15Cl2NO. The van der Waals surface area contributed by atoms with Crippen LogP contribution in [0.3, 0.4) is 0 Å². The maximum atomic E-state index is 12.2. The summed E-state index contributed by atoms with van der Waals surface area (Å²) < 4.78 is 0. The summed E-state index contributed by atoms with van der Waals surface area (Å²) in [5.41, 5.74) is 3.30. The van der Waals surface area contributed by atoms with Crippen LogP contribution in [0.25, 0.3) is 0 Å². The van der Waals surface area contributed by atoms with Gasteiger partial charge in [-0.15, -0.1) is 0 Å². The summed E-state index contributed by atoms with van der Waals surface area (Å²) in [5, 5.41) is 4.31. The van der Waals surface area contributed by atoms with Gasteiger partial charge in [-0.1, -0.05) is 29.3 Å². The standard InChI is InChI=1S/C17H15Cl2NO/c18-13-5-7-15(8-6-13)20-17(21)9-12-2-1-11-3-4-14(19)10-16(11)12/h3-8,10,12H,1-2,9H2,(H,20,21). The number of anilines is 1. The molecule has 4 heteroatoms. The number of aryl methyl sites for hydroxylation is 1. The maximum absolute atomic E-state index is 12.2. The Kier molecular flexibility index (Phi) is 4.18. The van der Waals surface area contributed by atoms with E-state index in [2.05, 4.69) is 11.4 Å². The Balaban J connectivity index is 1.67. The molecule has 1 amide bonds. The number of amides is 1. The second-order valence-electron chi connectivity index (χ2n) is 5.34. The fourth-order valence-corrected chi connectivity index (χ4v) is 3.15. The van der Waals surface area contributed by atoms with E-state index in [0.717, 1.165) is 23.6 Å². The third kappa shape index (κ3) is 3.39. The highest BCUT2D eigenvalue weighted by Crippen LogP contribution is 2.37. The minimum absolute atomic E-state index is 0.0233. The molecule has 0 radical (unpaired) electrons. The number of hydrogen-bond donors (Lipinski definition) is 1. The Labute approximate surface area is 134 Å². The second-order valence-corrected chi connectivity index (χ2v) is 6.21. The second kappa shape index (κ2) is 6.08. The summed E-state index contributed by atoms with van der Waals surface area (Å²) in [5.74, 6) is 0.279. The molecule has 0 spiro atoms. The van der Waals surface area contributed by atoms with Crippen molar-refractivity contribution < 1.29 is 4.79 Å². The normalized spacial score (nSPS) is 16.6. The maximum Gasteiger partial charge on any atom is 0.224 e. The summed E-state index contributed by atoms with van der Waals surface area (Å²) in [6, 6.07) is 13.1. The molecule has 0 fully saturated rings. The predicted octanol–water partition coefficient (Wildman–Crippen LogP) is 5.05. The van der Waals surface area contributed by atoms with Crippen molar-refractivity contribution in [3.05, 3.63) is 63.6 Å². The van der Waals surface area contributed by atoms with E-state index in [1.54, 1.807) is 24.3 Å². The number of rotatable bonds is 3. The minimum Gasteiger partial charge on any atom is -0.326 e. The topological polar surface area (TPSA) is 29.1 Å². The number of fused-ring (bicyclic) bond motifs is 1. The lowest BCUT2D eigenvalue weighted by molar-refractivity contribution is -0.116. The molecule has 0 saturated heterocycles. The first kappa shape index (κ1) is 14.4. The summed E-state index contributed by atoms with van der Waals surface area (Å²) in [6.45, 7) is 0. The highest BCUT2D eigenvalue weighted by Gasteiger charge is 2.24. The number of halogens is 2. The number of nitrogens with one attached hydrogen (secondary N) is 1. The van der Waals surface area contributed by atoms with Gasteiger partial charge in [-0.2, -0.15) is 0 Å². The van der Waals surface area contributed by atoms with E-state index < -0.39 is 0 Å². The first-order chi connectivity index (χ1) is 10.1. The van der Waals surface area contributed by atoms with Crippen LogP contribution >= 0.6 is 23.2 Å². The zero-order valence-corrected chi connectivity index (χ0v) is 12.9. The molecule has 1 atom stereocenters. The van der Waals surface area contributed by atoms with Crippen molar-refractivity contribution in [1.29, 1.82) is 0 Å². The molecule has 2 aromatic carbocycles. The zero-order valence-electron chi connectivity index (χ0n) is 11.4. The van der Waals surface area contributed by atoms with Gasteiger partial charge >= 0.3 is 0 Å². The predicted molar refractivity (Wildman–Crippen MR) is 87.2 cm³/mol. The summed E-state index contributed by atoms with van der Waals surface area (Å²) in [4.78, 5) is 12.2. The van der Waals surface area contributed by atoms with E-state index >= 15 is 0 Å². The van der Waals surface area contributed by atoms with Crippen molar-refractivity contribution >= 4 is 34.8 Å². The van der Waals surface area contributed by atoms with Gasteiger partial charge in [0.05, 0.1) is 0 Å². The monoisotopic (exact) mass is 319 g/mol. The molecule has 108 valence electrons. The molecule has 21 heavy (non-hydrogen) atoms. The average Bonchev–Trinajstić information content (AvgIpc) is 2.84. The lowest BCUT2D eigenvalue weighted by Gasteiger charge is -2.12. The third-order valence-corrected chi connectivity index (χ3v) is 4.36. The first-order valence-corrected chi connectivity index (χ1v) is 7.71. The lowest BCUT2D eigenvalue weighted by Crippen LogP contribution is -2.14. The molecule has 0 saturated carbocycles. The van der Waals surface area contributed by atoms with Gasteiger partial charge in [-0.25, -0.2) is 0 Å². The molecule has 0 bridgehead atoms. The fourth-order valence-electron chi connectivity index (χ4n) is 2.84. The van der Waals surface area contributed by atoms with Gasteiger partial charge in [0.15, 0.2) is 0 Å². The van der Waals surface area contributed by atoms with Gasteiger partial charge in [0, 0.05) is 22.2 Å². The molecule has 2 aromatic rings. The van der Waals surface area contributed by atoms with Crippen molar-refractivity contribution in [3.63, 3.8) is 0 Å². The molecule has 0 aromatic heterocycles. The van der Waals surface area contributed by atoms with Gasteiger partial charge in [-0.3, -0.25) is 4.79 Å².